The average Bonchev–Trinajstić information content (AvgIpc) is 2.69. The third kappa shape index (κ3) is 3.93. The van der Waals surface area contributed by atoms with Crippen molar-refractivity contribution in [1.82, 2.24) is 9.88 Å². The van der Waals surface area contributed by atoms with E-state index in [9.17, 15) is 8.78 Å². The molecule has 1 aliphatic heterocycles. The normalized spacial score (nSPS) is 18.0. The number of hydrogen-bond donors (Lipinski definition) is 1. The van der Waals surface area contributed by atoms with Crippen molar-refractivity contribution in [3.05, 3.63) is 71.6 Å². The third-order valence-electron chi connectivity index (χ3n) is 5.27. The largest absolute Gasteiger partial charge is 0.381 e. The summed E-state index contributed by atoms with van der Waals surface area (Å²) in [4.78, 5) is 6.34. The van der Waals surface area contributed by atoms with Gasteiger partial charge in [0.25, 0.3) is 0 Å². The molecule has 0 unspecified atom stereocenters. The number of pyridine rings is 1. The zero-order valence-electron chi connectivity index (χ0n) is 15.4. The van der Waals surface area contributed by atoms with Gasteiger partial charge in [0.15, 0.2) is 11.6 Å². The fraction of sp³-hybridized carbons (Fsp3) is 0.318. The molecule has 5 heteroatoms. The fourth-order valence-corrected chi connectivity index (χ4v) is 3.77. The Bertz CT molecular complexity index is 957. The molecule has 0 amide bonds. The number of aromatic nitrogens is 1. The molecule has 2 aromatic carbocycles. The smallest absolute Gasteiger partial charge is 0.163 e. The predicted molar refractivity (Wildman–Crippen MR) is 105 cm³/mol. The topological polar surface area (TPSA) is 28.2 Å². The number of aryl methyl sites for hydroxylation is 1. The van der Waals surface area contributed by atoms with Crippen LogP contribution in [0.3, 0.4) is 0 Å². The molecule has 1 atom stereocenters. The van der Waals surface area contributed by atoms with E-state index in [1.54, 1.807) is 25.3 Å². The highest BCUT2D eigenvalue weighted by atomic mass is 19.2. The standard InChI is InChI=1S/C22H23F2N3/c1-15-4-5-18(22(24)21(15)23)13-27-10-2-3-20(14-27)26-19-7-6-17-12-25-9-8-16(17)11-19/h4-9,11-12,20,26H,2-3,10,13-14H2,1H3/t20-/m1/s1. The lowest BCUT2D eigenvalue weighted by molar-refractivity contribution is 0.205. The molecular weight excluding hydrogens is 344 g/mol. The number of rotatable bonds is 4. The molecule has 0 radical (unpaired) electrons. The highest BCUT2D eigenvalue weighted by molar-refractivity contribution is 5.84. The summed E-state index contributed by atoms with van der Waals surface area (Å²) in [5, 5.41) is 5.86. The second kappa shape index (κ2) is 7.61. The summed E-state index contributed by atoms with van der Waals surface area (Å²) in [6.07, 6.45) is 5.75. The van der Waals surface area contributed by atoms with Crippen LogP contribution in [0.5, 0.6) is 0 Å². The number of benzene rings is 2. The van der Waals surface area contributed by atoms with Crippen molar-refractivity contribution < 1.29 is 8.78 Å². The molecule has 0 aliphatic carbocycles. The van der Waals surface area contributed by atoms with Gasteiger partial charge in [-0.25, -0.2) is 8.78 Å². The monoisotopic (exact) mass is 367 g/mol. The molecule has 1 fully saturated rings. The van der Waals surface area contributed by atoms with Crippen molar-refractivity contribution in [2.24, 2.45) is 0 Å². The minimum Gasteiger partial charge on any atom is -0.381 e. The van der Waals surface area contributed by atoms with Crippen molar-refractivity contribution in [2.75, 3.05) is 18.4 Å². The van der Waals surface area contributed by atoms with Crippen LogP contribution in [0.1, 0.15) is 24.0 Å². The fourth-order valence-electron chi connectivity index (χ4n) is 3.77. The van der Waals surface area contributed by atoms with Gasteiger partial charge in [0.05, 0.1) is 0 Å². The summed E-state index contributed by atoms with van der Waals surface area (Å²) in [7, 11) is 0. The Kier molecular flexibility index (Phi) is 5.03. The Morgan fingerprint density at radius 2 is 2.00 bits per heavy atom. The summed E-state index contributed by atoms with van der Waals surface area (Å²) < 4.78 is 28.0. The zero-order chi connectivity index (χ0) is 18.8. The van der Waals surface area contributed by atoms with Gasteiger partial charge in [-0.15, -0.1) is 0 Å². The van der Waals surface area contributed by atoms with E-state index in [4.69, 9.17) is 0 Å². The first kappa shape index (κ1) is 17.9. The number of piperidine rings is 1. The molecule has 1 aliphatic rings. The van der Waals surface area contributed by atoms with E-state index >= 15 is 0 Å². The number of likely N-dealkylation sites (tertiary alicyclic amines) is 1. The summed E-state index contributed by atoms with van der Waals surface area (Å²) in [5.41, 5.74) is 1.85. The number of halogens is 2. The third-order valence-corrected chi connectivity index (χ3v) is 5.27. The summed E-state index contributed by atoms with van der Waals surface area (Å²) in [6.45, 7) is 3.73. The Balaban J connectivity index is 1.44. The zero-order valence-corrected chi connectivity index (χ0v) is 15.4. The van der Waals surface area contributed by atoms with Gasteiger partial charge in [-0.3, -0.25) is 9.88 Å². The number of hydrogen-bond acceptors (Lipinski definition) is 3. The van der Waals surface area contributed by atoms with E-state index in [0.717, 1.165) is 42.4 Å². The van der Waals surface area contributed by atoms with Gasteiger partial charge in [0.1, 0.15) is 0 Å². The van der Waals surface area contributed by atoms with Gasteiger partial charge in [0, 0.05) is 48.2 Å². The molecule has 3 aromatic rings. The second-order valence-corrected chi connectivity index (χ2v) is 7.33. The van der Waals surface area contributed by atoms with Crippen LogP contribution in [0.2, 0.25) is 0 Å². The van der Waals surface area contributed by atoms with Crippen LogP contribution >= 0.6 is 0 Å². The average molecular weight is 367 g/mol. The van der Waals surface area contributed by atoms with Gasteiger partial charge < -0.3 is 5.32 Å². The van der Waals surface area contributed by atoms with Crippen LogP contribution in [0.4, 0.5) is 14.5 Å². The van der Waals surface area contributed by atoms with Crippen molar-refractivity contribution in [1.29, 1.82) is 0 Å². The molecule has 2 heterocycles. The lowest BCUT2D eigenvalue weighted by Gasteiger charge is -2.34. The molecule has 0 saturated carbocycles. The minimum absolute atomic E-state index is 0.288. The van der Waals surface area contributed by atoms with E-state index in [1.807, 2.05) is 12.3 Å². The molecule has 27 heavy (non-hydrogen) atoms. The van der Waals surface area contributed by atoms with Crippen molar-refractivity contribution >= 4 is 16.5 Å². The lowest BCUT2D eigenvalue weighted by atomic mass is 10.0. The van der Waals surface area contributed by atoms with Gasteiger partial charge >= 0.3 is 0 Å². The Morgan fingerprint density at radius 3 is 2.89 bits per heavy atom. The highest BCUT2D eigenvalue weighted by Gasteiger charge is 2.22. The van der Waals surface area contributed by atoms with Crippen LogP contribution in [-0.2, 0) is 6.54 Å². The molecule has 140 valence electrons. The minimum atomic E-state index is -0.732. The maximum atomic E-state index is 14.2. The van der Waals surface area contributed by atoms with Gasteiger partial charge in [0.2, 0.25) is 0 Å². The van der Waals surface area contributed by atoms with Crippen molar-refractivity contribution in [2.45, 2.75) is 32.4 Å². The van der Waals surface area contributed by atoms with Gasteiger partial charge in [-0.1, -0.05) is 18.2 Å². The predicted octanol–water partition coefficient (Wildman–Crippen LogP) is 4.90. The van der Waals surface area contributed by atoms with E-state index in [2.05, 4.69) is 33.4 Å². The number of fused-ring (bicyclic) bond motifs is 1. The van der Waals surface area contributed by atoms with E-state index in [-0.39, 0.29) is 6.04 Å². The molecule has 0 spiro atoms. The molecular formula is C22H23F2N3. The first-order valence-electron chi connectivity index (χ1n) is 9.36. The Labute approximate surface area is 158 Å². The number of nitrogens with zero attached hydrogens (tertiary/aromatic N) is 2. The summed E-state index contributed by atoms with van der Waals surface area (Å²) in [6, 6.07) is 11.9. The molecule has 3 nitrogen and oxygen atoms in total. The first-order valence-corrected chi connectivity index (χ1v) is 9.36. The SMILES string of the molecule is Cc1ccc(CN2CCC[C@@H](Nc3ccc4cnccc4c3)C2)c(F)c1F. The number of anilines is 1. The van der Waals surface area contributed by atoms with Crippen LogP contribution in [0.25, 0.3) is 10.8 Å². The molecule has 1 N–H and O–H groups in total. The lowest BCUT2D eigenvalue weighted by Crippen LogP contribution is -2.41. The number of nitrogens with one attached hydrogen (secondary N) is 1. The highest BCUT2D eigenvalue weighted by Crippen LogP contribution is 2.23. The van der Waals surface area contributed by atoms with E-state index < -0.39 is 11.6 Å². The van der Waals surface area contributed by atoms with Crippen LogP contribution < -0.4 is 5.32 Å². The van der Waals surface area contributed by atoms with Crippen molar-refractivity contribution in [3.8, 4) is 0 Å². The van der Waals surface area contributed by atoms with Crippen LogP contribution in [0, 0.1) is 18.6 Å². The maximum absolute atomic E-state index is 14.2. The van der Waals surface area contributed by atoms with Crippen molar-refractivity contribution in [3.63, 3.8) is 0 Å². The van der Waals surface area contributed by atoms with Crippen LogP contribution in [0.15, 0.2) is 48.8 Å². The summed E-state index contributed by atoms with van der Waals surface area (Å²) >= 11 is 0. The Hall–Kier alpha value is -2.53. The van der Waals surface area contributed by atoms with Gasteiger partial charge in [-0.2, -0.15) is 0 Å². The Morgan fingerprint density at radius 1 is 1.11 bits per heavy atom. The molecule has 4 rings (SSSR count). The van der Waals surface area contributed by atoms with E-state index in [0.29, 0.717) is 17.7 Å². The summed E-state index contributed by atoms with van der Waals surface area (Å²) in [5.74, 6) is -1.45. The maximum Gasteiger partial charge on any atom is 0.163 e. The van der Waals surface area contributed by atoms with E-state index in [1.165, 1.54) is 0 Å². The molecule has 1 saturated heterocycles. The van der Waals surface area contributed by atoms with Crippen LogP contribution in [-0.4, -0.2) is 29.0 Å². The first-order chi connectivity index (χ1) is 13.1. The second-order valence-electron chi connectivity index (χ2n) is 7.33. The molecule has 1 aromatic heterocycles. The van der Waals surface area contributed by atoms with Gasteiger partial charge in [-0.05, 0) is 55.5 Å². The quantitative estimate of drug-likeness (QED) is 0.711. The molecule has 0 bridgehead atoms.